The number of carbonyl (C=O) groups is 3. The number of hydrogen-bond acceptors (Lipinski definition) is 6. The zero-order valence-corrected chi connectivity index (χ0v) is 24.7. The molecule has 0 aliphatic carbocycles. The highest BCUT2D eigenvalue weighted by Gasteiger charge is 2.16. The molecule has 11 heteroatoms. The van der Waals surface area contributed by atoms with Gasteiger partial charge in [-0.3, -0.25) is 14.4 Å². The zero-order valence-electron chi connectivity index (χ0n) is 23.2. The number of amides is 3. The van der Waals surface area contributed by atoms with Crippen molar-refractivity contribution in [2.24, 2.45) is 0 Å². The summed E-state index contributed by atoms with van der Waals surface area (Å²) in [6, 6.07) is 24.0. The van der Waals surface area contributed by atoms with E-state index in [9.17, 15) is 18.8 Å². The van der Waals surface area contributed by atoms with E-state index >= 15 is 0 Å². The van der Waals surface area contributed by atoms with Crippen molar-refractivity contribution in [3.63, 3.8) is 0 Å². The third-order valence-corrected chi connectivity index (χ3v) is 7.21. The molecule has 220 valence electrons. The van der Waals surface area contributed by atoms with E-state index in [1.807, 2.05) is 0 Å². The molecule has 0 saturated carbocycles. The third kappa shape index (κ3) is 8.84. The molecule has 8 nitrogen and oxygen atoms in total. The molecule has 3 N–H and O–H groups in total. The highest BCUT2D eigenvalue weighted by Crippen LogP contribution is 2.36. The zero-order chi connectivity index (χ0) is 30.8. The maximum atomic E-state index is 13.4. The number of rotatable bonds is 11. The predicted octanol–water partition coefficient (Wildman–Crippen LogP) is 6.64. The first-order valence-electron chi connectivity index (χ1n) is 12.8. The van der Waals surface area contributed by atoms with Gasteiger partial charge in [-0.25, -0.2) is 4.39 Å². The molecule has 0 aliphatic heterocycles. The van der Waals surface area contributed by atoms with Gasteiger partial charge in [0.05, 0.1) is 30.7 Å². The molecule has 0 radical (unpaired) electrons. The summed E-state index contributed by atoms with van der Waals surface area (Å²) in [5, 5.41) is 8.52. The summed E-state index contributed by atoms with van der Waals surface area (Å²) in [5.74, 6) is -0.912. The molecule has 43 heavy (non-hydrogen) atoms. The fourth-order valence-corrected chi connectivity index (χ4v) is 4.82. The fourth-order valence-electron chi connectivity index (χ4n) is 3.82. The topological polar surface area (TPSA) is 106 Å². The van der Waals surface area contributed by atoms with Crippen LogP contribution in [0.25, 0.3) is 6.08 Å². The van der Waals surface area contributed by atoms with E-state index < -0.39 is 17.6 Å². The quantitative estimate of drug-likeness (QED) is 0.128. The SMILES string of the molecule is COc1cc(OC)c(NC(=O)CSc2cccc(NC(=O)/C(=C\c3ccc(F)cc3)NC(=O)c3ccccc3)c2)cc1Cl. The number of thioether (sulfide) groups is 1. The average molecular weight is 620 g/mol. The molecular weight excluding hydrogens is 593 g/mol. The highest BCUT2D eigenvalue weighted by atomic mass is 35.5. The minimum Gasteiger partial charge on any atom is -0.495 e. The van der Waals surface area contributed by atoms with Crippen LogP contribution in [-0.4, -0.2) is 37.7 Å². The second kappa shape index (κ2) is 14.9. The molecule has 0 unspecified atom stereocenters. The molecule has 3 amide bonds. The molecule has 0 fully saturated rings. The van der Waals surface area contributed by atoms with Crippen molar-refractivity contribution >= 4 is 58.5 Å². The molecule has 0 spiro atoms. The molecule has 0 heterocycles. The maximum absolute atomic E-state index is 13.4. The first kappa shape index (κ1) is 31.1. The number of anilines is 2. The summed E-state index contributed by atoms with van der Waals surface area (Å²) < 4.78 is 23.9. The molecule has 0 bridgehead atoms. The van der Waals surface area contributed by atoms with Gasteiger partial charge < -0.3 is 25.4 Å². The Labute approximate surface area is 257 Å². The average Bonchev–Trinajstić information content (AvgIpc) is 3.01. The normalized spacial score (nSPS) is 10.9. The van der Waals surface area contributed by atoms with Crippen LogP contribution in [0.15, 0.2) is 102 Å². The summed E-state index contributed by atoms with van der Waals surface area (Å²) in [4.78, 5) is 39.5. The van der Waals surface area contributed by atoms with Gasteiger partial charge in [-0.2, -0.15) is 0 Å². The Balaban J connectivity index is 1.44. The Morgan fingerprint density at radius 2 is 1.58 bits per heavy atom. The van der Waals surface area contributed by atoms with Crippen LogP contribution in [0.3, 0.4) is 0 Å². The van der Waals surface area contributed by atoms with Gasteiger partial charge in [0.15, 0.2) is 0 Å². The smallest absolute Gasteiger partial charge is 0.272 e. The molecule has 0 aromatic heterocycles. The Bertz CT molecular complexity index is 1650. The third-order valence-electron chi connectivity index (χ3n) is 5.92. The van der Waals surface area contributed by atoms with Crippen LogP contribution in [0.2, 0.25) is 5.02 Å². The molecule has 0 atom stereocenters. The molecule has 0 aliphatic rings. The Hall–Kier alpha value is -4.80. The van der Waals surface area contributed by atoms with Crippen molar-refractivity contribution in [3.8, 4) is 11.5 Å². The molecule has 4 rings (SSSR count). The lowest BCUT2D eigenvalue weighted by atomic mass is 10.1. The van der Waals surface area contributed by atoms with Crippen LogP contribution >= 0.6 is 23.4 Å². The van der Waals surface area contributed by atoms with Gasteiger partial charge in [0.1, 0.15) is 23.0 Å². The minimum absolute atomic E-state index is 0.0370. The van der Waals surface area contributed by atoms with Gasteiger partial charge in [-0.05, 0) is 60.2 Å². The first-order chi connectivity index (χ1) is 20.7. The van der Waals surface area contributed by atoms with E-state index in [0.717, 1.165) is 0 Å². The van der Waals surface area contributed by atoms with Crippen molar-refractivity contribution < 1.29 is 28.2 Å². The monoisotopic (exact) mass is 619 g/mol. The van der Waals surface area contributed by atoms with Gasteiger partial charge in [0, 0.05) is 22.2 Å². The molecule has 4 aromatic carbocycles. The number of carbonyl (C=O) groups excluding carboxylic acids is 3. The van der Waals surface area contributed by atoms with Gasteiger partial charge in [-0.15, -0.1) is 11.8 Å². The lowest BCUT2D eigenvalue weighted by Crippen LogP contribution is -2.30. The molecule has 4 aromatic rings. The number of halogens is 2. The van der Waals surface area contributed by atoms with Crippen LogP contribution in [-0.2, 0) is 9.59 Å². The number of nitrogens with one attached hydrogen (secondary N) is 3. The predicted molar refractivity (Wildman–Crippen MR) is 167 cm³/mol. The number of hydrogen-bond donors (Lipinski definition) is 3. The van der Waals surface area contributed by atoms with E-state index in [0.29, 0.717) is 43.9 Å². The summed E-state index contributed by atoms with van der Waals surface area (Å²) in [5.41, 5.74) is 1.69. The van der Waals surface area contributed by atoms with Crippen LogP contribution in [0.4, 0.5) is 15.8 Å². The van der Waals surface area contributed by atoms with E-state index in [1.54, 1.807) is 66.7 Å². The van der Waals surface area contributed by atoms with Crippen molar-refractivity contribution in [1.29, 1.82) is 0 Å². The molecule has 0 saturated heterocycles. The van der Waals surface area contributed by atoms with Crippen molar-refractivity contribution in [3.05, 3.63) is 119 Å². The van der Waals surface area contributed by atoms with Crippen LogP contribution in [0.5, 0.6) is 11.5 Å². The highest BCUT2D eigenvalue weighted by molar-refractivity contribution is 8.00. The van der Waals surface area contributed by atoms with Crippen LogP contribution in [0, 0.1) is 5.82 Å². The van der Waals surface area contributed by atoms with E-state index in [2.05, 4.69) is 16.0 Å². The second-order valence-corrected chi connectivity index (χ2v) is 10.4. The lowest BCUT2D eigenvalue weighted by Gasteiger charge is -2.13. The van der Waals surface area contributed by atoms with Crippen LogP contribution < -0.4 is 25.4 Å². The van der Waals surface area contributed by atoms with E-state index in [1.165, 1.54) is 56.3 Å². The van der Waals surface area contributed by atoms with E-state index in [-0.39, 0.29) is 17.4 Å². The fraction of sp³-hybridized carbons (Fsp3) is 0.0938. The summed E-state index contributed by atoms with van der Waals surface area (Å²) >= 11 is 7.45. The largest absolute Gasteiger partial charge is 0.495 e. The minimum atomic E-state index is -0.586. The van der Waals surface area contributed by atoms with Crippen molar-refractivity contribution in [2.45, 2.75) is 4.90 Å². The number of benzene rings is 4. The maximum Gasteiger partial charge on any atom is 0.272 e. The summed E-state index contributed by atoms with van der Waals surface area (Å²) in [6.07, 6.45) is 1.46. The number of methoxy groups -OCH3 is 2. The lowest BCUT2D eigenvalue weighted by molar-refractivity contribution is -0.114. The van der Waals surface area contributed by atoms with E-state index in [4.69, 9.17) is 21.1 Å². The standard InChI is InChI=1S/C32H27ClFN3O5S/c1-41-28-18-29(42-2)26(17-25(28)33)36-30(38)19-43-24-10-6-9-23(16-24)35-32(40)27(15-20-11-13-22(34)14-12-20)37-31(39)21-7-4-3-5-8-21/h3-18H,19H2,1-2H3,(H,35,40)(H,36,38)(H,37,39)/b27-15+. The van der Waals surface area contributed by atoms with Crippen molar-refractivity contribution in [1.82, 2.24) is 5.32 Å². The molecular formula is C32H27ClFN3O5S. The Morgan fingerprint density at radius 1 is 0.860 bits per heavy atom. The Morgan fingerprint density at radius 3 is 2.28 bits per heavy atom. The number of ether oxygens (including phenoxy) is 2. The summed E-state index contributed by atoms with van der Waals surface area (Å²) in [7, 11) is 2.95. The Kier molecular flexibility index (Phi) is 10.8. The van der Waals surface area contributed by atoms with Crippen LogP contribution in [0.1, 0.15) is 15.9 Å². The van der Waals surface area contributed by atoms with Gasteiger partial charge in [-0.1, -0.05) is 48.0 Å². The second-order valence-electron chi connectivity index (χ2n) is 8.94. The van der Waals surface area contributed by atoms with Gasteiger partial charge in [0.2, 0.25) is 5.91 Å². The van der Waals surface area contributed by atoms with Gasteiger partial charge >= 0.3 is 0 Å². The summed E-state index contributed by atoms with van der Waals surface area (Å²) in [6.45, 7) is 0. The first-order valence-corrected chi connectivity index (χ1v) is 14.2. The van der Waals surface area contributed by atoms with Gasteiger partial charge in [0.25, 0.3) is 11.8 Å². The van der Waals surface area contributed by atoms with Crippen molar-refractivity contribution in [2.75, 3.05) is 30.6 Å².